The van der Waals surface area contributed by atoms with Gasteiger partial charge >= 0.3 is 0 Å². The summed E-state index contributed by atoms with van der Waals surface area (Å²) >= 11 is 0. The molecule has 0 bridgehead atoms. The van der Waals surface area contributed by atoms with Crippen molar-refractivity contribution in [2.75, 3.05) is 11.9 Å². The Balaban J connectivity index is 1.15. The minimum Gasteiger partial charge on any atom is -0.343 e. The molecule has 5 rings (SSSR count). The molecular formula is C28H27N5O2. The van der Waals surface area contributed by atoms with E-state index in [0.29, 0.717) is 11.3 Å². The highest BCUT2D eigenvalue weighted by Crippen LogP contribution is 2.24. The Hall–Kier alpha value is -4.26. The molecule has 1 aliphatic heterocycles. The molecule has 4 aromatic rings. The van der Waals surface area contributed by atoms with Gasteiger partial charge in [-0.1, -0.05) is 48.9 Å². The summed E-state index contributed by atoms with van der Waals surface area (Å²) in [6, 6.07) is 24.9. The van der Waals surface area contributed by atoms with Crippen LogP contribution in [-0.4, -0.2) is 33.1 Å². The Kier molecular flexibility index (Phi) is 6.66. The lowest BCUT2D eigenvalue weighted by Gasteiger charge is -2.09. The predicted molar refractivity (Wildman–Crippen MR) is 136 cm³/mol. The molecule has 0 spiro atoms. The number of aromatic nitrogens is 3. The average Bonchev–Trinajstić information content (AvgIpc) is 3.16. The van der Waals surface area contributed by atoms with Crippen LogP contribution in [0.3, 0.4) is 0 Å². The molecule has 3 aromatic carbocycles. The number of carbonyl (C=O) groups is 2. The number of benzene rings is 3. The quantitative estimate of drug-likeness (QED) is 0.432. The van der Waals surface area contributed by atoms with Crippen molar-refractivity contribution >= 4 is 17.5 Å². The van der Waals surface area contributed by atoms with Crippen LogP contribution in [0, 0.1) is 0 Å². The summed E-state index contributed by atoms with van der Waals surface area (Å²) in [5, 5.41) is 14.2. The van der Waals surface area contributed by atoms with Gasteiger partial charge in [-0.2, -0.15) is 0 Å². The molecule has 2 amide bonds. The van der Waals surface area contributed by atoms with Gasteiger partial charge in [0, 0.05) is 29.8 Å². The monoisotopic (exact) mass is 465 g/mol. The Morgan fingerprint density at radius 2 is 1.49 bits per heavy atom. The predicted octanol–water partition coefficient (Wildman–Crippen LogP) is 4.71. The van der Waals surface area contributed by atoms with Crippen LogP contribution in [0.4, 0.5) is 5.69 Å². The van der Waals surface area contributed by atoms with Crippen molar-refractivity contribution in [2.45, 2.75) is 32.2 Å². The highest BCUT2D eigenvalue weighted by Gasteiger charge is 2.16. The number of fused-ring (bicyclic) bond motifs is 1. The second-order valence-corrected chi connectivity index (χ2v) is 8.65. The van der Waals surface area contributed by atoms with Gasteiger partial charge in [-0.15, -0.1) is 10.2 Å². The van der Waals surface area contributed by atoms with Gasteiger partial charge in [0.2, 0.25) is 5.91 Å². The number of nitrogens with zero attached hydrogens (tertiary/aromatic N) is 3. The molecule has 0 atom stereocenters. The standard InChI is InChI=1S/C28H27N5O2/c34-26(19-29-28(35)23-12-10-21(11-13-23)20-7-3-1-4-8-20)30-24-16-14-22(15-17-24)27-32-31-25-9-5-2-6-18-33(25)27/h1,3-4,7-8,10-17H,2,5-6,9,18-19H2,(H,29,35)(H,30,34). The van der Waals surface area contributed by atoms with Gasteiger partial charge in [0.25, 0.3) is 5.91 Å². The third kappa shape index (κ3) is 5.30. The Morgan fingerprint density at radius 3 is 2.26 bits per heavy atom. The molecule has 0 unspecified atom stereocenters. The summed E-state index contributed by atoms with van der Waals surface area (Å²) in [7, 11) is 0. The molecule has 0 saturated heterocycles. The molecule has 0 fully saturated rings. The van der Waals surface area contributed by atoms with Crippen molar-refractivity contribution in [1.82, 2.24) is 20.1 Å². The molecule has 0 radical (unpaired) electrons. The fourth-order valence-corrected chi connectivity index (χ4v) is 4.31. The summed E-state index contributed by atoms with van der Waals surface area (Å²) in [5.41, 5.74) is 4.26. The topological polar surface area (TPSA) is 88.9 Å². The average molecular weight is 466 g/mol. The second-order valence-electron chi connectivity index (χ2n) is 8.65. The summed E-state index contributed by atoms with van der Waals surface area (Å²) in [6.45, 7) is 0.823. The summed E-state index contributed by atoms with van der Waals surface area (Å²) in [6.07, 6.45) is 4.46. The van der Waals surface area contributed by atoms with Crippen molar-refractivity contribution in [3.05, 3.63) is 90.3 Å². The van der Waals surface area contributed by atoms with Gasteiger partial charge in [-0.25, -0.2) is 0 Å². The SMILES string of the molecule is O=C(CNC(=O)c1ccc(-c2ccccc2)cc1)Nc1ccc(-c2nnc3n2CCCCC3)cc1. The summed E-state index contributed by atoms with van der Waals surface area (Å²) in [5.74, 6) is 1.33. The number of aryl methyl sites for hydroxylation is 1. The maximum absolute atomic E-state index is 12.5. The van der Waals surface area contributed by atoms with E-state index in [9.17, 15) is 9.59 Å². The molecule has 0 saturated carbocycles. The van der Waals surface area contributed by atoms with E-state index in [1.54, 1.807) is 12.1 Å². The van der Waals surface area contributed by atoms with Gasteiger partial charge in [-0.3, -0.25) is 9.59 Å². The molecule has 35 heavy (non-hydrogen) atoms. The first-order valence-corrected chi connectivity index (χ1v) is 11.9. The lowest BCUT2D eigenvalue weighted by atomic mass is 10.0. The van der Waals surface area contributed by atoms with E-state index in [1.807, 2.05) is 66.7 Å². The first kappa shape index (κ1) is 22.5. The van der Waals surface area contributed by atoms with Crippen LogP contribution < -0.4 is 10.6 Å². The van der Waals surface area contributed by atoms with Gasteiger partial charge in [0.1, 0.15) is 5.82 Å². The van der Waals surface area contributed by atoms with Gasteiger partial charge in [0.15, 0.2) is 5.82 Å². The van der Waals surface area contributed by atoms with Gasteiger partial charge in [0.05, 0.1) is 6.54 Å². The summed E-state index contributed by atoms with van der Waals surface area (Å²) in [4.78, 5) is 24.8. The zero-order valence-electron chi connectivity index (χ0n) is 19.4. The number of carbonyl (C=O) groups excluding carboxylic acids is 2. The lowest BCUT2D eigenvalue weighted by Crippen LogP contribution is -2.32. The largest absolute Gasteiger partial charge is 0.343 e. The van der Waals surface area contributed by atoms with Crippen LogP contribution in [0.5, 0.6) is 0 Å². The van der Waals surface area contributed by atoms with E-state index in [-0.39, 0.29) is 18.4 Å². The molecule has 1 aromatic heterocycles. The number of nitrogens with one attached hydrogen (secondary N) is 2. The van der Waals surface area contributed by atoms with Crippen LogP contribution in [0.1, 0.15) is 35.4 Å². The normalized spacial score (nSPS) is 12.9. The molecule has 1 aliphatic rings. The first-order valence-electron chi connectivity index (χ1n) is 11.9. The number of hydrogen-bond acceptors (Lipinski definition) is 4. The molecular weight excluding hydrogens is 438 g/mol. The molecule has 7 nitrogen and oxygen atoms in total. The number of rotatable bonds is 6. The Morgan fingerprint density at radius 1 is 0.771 bits per heavy atom. The second kappa shape index (κ2) is 10.3. The maximum atomic E-state index is 12.5. The highest BCUT2D eigenvalue weighted by atomic mass is 16.2. The molecule has 0 aliphatic carbocycles. The van der Waals surface area contributed by atoms with Crippen molar-refractivity contribution in [3.63, 3.8) is 0 Å². The van der Waals surface area contributed by atoms with Crippen molar-refractivity contribution in [1.29, 1.82) is 0 Å². The van der Waals surface area contributed by atoms with E-state index < -0.39 is 0 Å². The third-order valence-electron chi connectivity index (χ3n) is 6.20. The van der Waals surface area contributed by atoms with Crippen LogP contribution >= 0.6 is 0 Å². The van der Waals surface area contributed by atoms with E-state index >= 15 is 0 Å². The smallest absolute Gasteiger partial charge is 0.251 e. The number of hydrogen-bond donors (Lipinski definition) is 2. The lowest BCUT2D eigenvalue weighted by molar-refractivity contribution is -0.115. The first-order chi connectivity index (χ1) is 17.2. The maximum Gasteiger partial charge on any atom is 0.251 e. The minimum atomic E-state index is -0.289. The Bertz CT molecular complexity index is 1310. The van der Waals surface area contributed by atoms with Crippen molar-refractivity contribution < 1.29 is 9.59 Å². The fourth-order valence-electron chi connectivity index (χ4n) is 4.31. The molecule has 7 heteroatoms. The Labute approximate surface area is 204 Å². The van der Waals surface area contributed by atoms with Crippen LogP contribution in [0.25, 0.3) is 22.5 Å². The summed E-state index contributed by atoms with van der Waals surface area (Å²) < 4.78 is 2.20. The third-order valence-corrected chi connectivity index (χ3v) is 6.20. The van der Waals surface area contributed by atoms with Gasteiger partial charge < -0.3 is 15.2 Å². The molecule has 2 N–H and O–H groups in total. The van der Waals surface area contributed by atoms with E-state index in [0.717, 1.165) is 54.1 Å². The number of anilines is 1. The highest BCUT2D eigenvalue weighted by molar-refractivity contribution is 5.99. The van der Waals surface area contributed by atoms with E-state index in [1.165, 1.54) is 6.42 Å². The van der Waals surface area contributed by atoms with E-state index in [2.05, 4.69) is 25.4 Å². The van der Waals surface area contributed by atoms with Crippen LogP contribution in [0.15, 0.2) is 78.9 Å². The van der Waals surface area contributed by atoms with Crippen molar-refractivity contribution in [2.24, 2.45) is 0 Å². The molecule has 2 heterocycles. The minimum absolute atomic E-state index is 0.112. The van der Waals surface area contributed by atoms with Crippen LogP contribution in [-0.2, 0) is 17.8 Å². The zero-order valence-corrected chi connectivity index (χ0v) is 19.4. The van der Waals surface area contributed by atoms with E-state index in [4.69, 9.17) is 0 Å². The number of amides is 2. The van der Waals surface area contributed by atoms with Gasteiger partial charge in [-0.05, 0) is 60.4 Å². The van der Waals surface area contributed by atoms with Crippen molar-refractivity contribution in [3.8, 4) is 22.5 Å². The fraction of sp³-hybridized carbons (Fsp3) is 0.214. The molecule has 176 valence electrons. The zero-order chi connectivity index (χ0) is 24.0. The van der Waals surface area contributed by atoms with Crippen LogP contribution in [0.2, 0.25) is 0 Å².